The van der Waals surface area contributed by atoms with Gasteiger partial charge in [0.05, 0.1) is 24.8 Å². The van der Waals surface area contributed by atoms with Crippen molar-refractivity contribution in [3.63, 3.8) is 0 Å². The molecule has 0 aromatic heterocycles. The molecule has 0 saturated heterocycles. The van der Waals surface area contributed by atoms with Crippen LogP contribution in [0.4, 0.5) is 10.1 Å². The van der Waals surface area contributed by atoms with Crippen molar-refractivity contribution in [2.75, 3.05) is 25.1 Å². The number of halogens is 2. The van der Waals surface area contributed by atoms with E-state index in [4.69, 9.17) is 21.1 Å². The maximum Gasteiger partial charge on any atom is 0.264 e. The summed E-state index contributed by atoms with van der Waals surface area (Å²) in [5.41, 5.74) is 0.772. The van der Waals surface area contributed by atoms with E-state index in [0.29, 0.717) is 16.3 Å². The Kier molecular flexibility index (Phi) is 10.5. The average Bonchev–Trinajstić information content (AvgIpc) is 3.52. The maximum atomic E-state index is 14.1. The number of ether oxygens (including phenoxy) is 2. The van der Waals surface area contributed by atoms with Gasteiger partial charge in [0, 0.05) is 23.7 Å². The first kappa shape index (κ1) is 32.1. The van der Waals surface area contributed by atoms with Gasteiger partial charge < -0.3 is 19.7 Å². The summed E-state index contributed by atoms with van der Waals surface area (Å²) in [5, 5.41) is 3.40. The predicted molar refractivity (Wildman–Crippen MR) is 162 cm³/mol. The summed E-state index contributed by atoms with van der Waals surface area (Å²) in [5.74, 6) is -0.881. The lowest BCUT2D eigenvalue weighted by Crippen LogP contribution is -2.52. The number of sulfonamides is 1. The van der Waals surface area contributed by atoms with Crippen molar-refractivity contribution in [3.8, 4) is 11.5 Å². The lowest BCUT2D eigenvalue weighted by molar-refractivity contribution is -0.139. The number of rotatable bonds is 12. The number of hydrogen-bond acceptors (Lipinski definition) is 6. The van der Waals surface area contributed by atoms with Gasteiger partial charge in [-0.2, -0.15) is 0 Å². The first-order valence-electron chi connectivity index (χ1n) is 13.9. The summed E-state index contributed by atoms with van der Waals surface area (Å²) in [6, 6.07) is 14.8. The van der Waals surface area contributed by atoms with E-state index in [0.717, 1.165) is 30.0 Å². The Balaban J connectivity index is 1.71. The van der Waals surface area contributed by atoms with Crippen LogP contribution in [0.15, 0.2) is 71.6 Å². The molecule has 1 N–H and O–H groups in total. The van der Waals surface area contributed by atoms with Crippen molar-refractivity contribution in [1.29, 1.82) is 0 Å². The molecule has 1 atom stereocenters. The minimum absolute atomic E-state index is 0.0220. The van der Waals surface area contributed by atoms with Crippen molar-refractivity contribution < 1.29 is 31.9 Å². The van der Waals surface area contributed by atoms with Crippen LogP contribution in [0, 0.1) is 5.82 Å². The highest BCUT2D eigenvalue weighted by Crippen LogP contribution is 2.33. The fourth-order valence-corrected chi connectivity index (χ4v) is 6.56. The van der Waals surface area contributed by atoms with Crippen LogP contribution in [0.1, 0.15) is 38.2 Å². The van der Waals surface area contributed by atoms with E-state index in [-0.39, 0.29) is 34.8 Å². The summed E-state index contributed by atoms with van der Waals surface area (Å²) in [6.07, 6.45) is 3.75. The van der Waals surface area contributed by atoms with E-state index in [2.05, 4.69) is 5.32 Å². The Morgan fingerprint density at radius 3 is 2.21 bits per heavy atom. The zero-order chi connectivity index (χ0) is 31.1. The molecule has 9 nitrogen and oxygen atoms in total. The van der Waals surface area contributed by atoms with Crippen LogP contribution in [-0.2, 0) is 26.2 Å². The van der Waals surface area contributed by atoms with E-state index in [1.165, 1.54) is 85.8 Å². The SMILES string of the molecule is COc1ccc(S(=O)(=O)N(CC(=O)N(Cc2ccc(F)cc2)[C@H](C)C(=O)NC2CCCC2)c2ccc(Cl)cc2)cc1OC. The van der Waals surface area contributed by atoms with Gasteiger partial charge in [-0.25, -0.2) is 12.8 Å². The lowest BCUT2D eigenvalue weighted by atomic mass is 10.1. The van der Waals surface area contributed by atoms with E-state index in [1.54, 1.807) is 6.92 Å². The number of methoxy groups -OCH3 is 2. The van der Waals surface area contributed by atoms with E-state index in [1.807, 2.05) is 0 Å². The molecule has 1 fully saturated rings. The molecular weight excluding hydrogens is 597 g/mol. The highest BCUT2D eigenvalue weighted by molar-refractivity contribution is 7.92. The van der Waals surface area contributed by atoms with Crippen molar-refractivity contribution in [2.45, 2.75) is 56.1 Å². The quantitative estimate of drug-likeness (QED) is 0.296. The fourth-order valence-electron chi connectivity index (χ4n) is 5.00. The number of benzene rings is 3. The fraction of sp³-hybridized carbons (Fsp3) is 0.355. The van der Waals surface area contributed by atoms with Crippen molar-refractivity contribution >= 4 is 39.1 Å². The molecule has 4 rings (SSSR count). The molecule has 3 aromatic rings. The summed E-state index contributed by atoms with van der Waals surface area (Å²) < 4.78 is 53.3. The predicted octanol–water partition coefficient (Wildman–Crippen LogP) is 5.17. The zero-order valence-electron chi connectivity index (χ0n) is 24.3. The first-order valence-corrected chi connectivity index (χ1v) is 15.7. The second-order valence-corrected chi connectivity index (χ2v) is 12.6. The number of amides is 2. The third-order valence-corrected chi connectivity index (χ3v) is 9.49. The molecule has 0 aliphatic heterocycles. The monoisotopic (exact) mass is 631 g/mol. The molecule has 230 valence electrons. The first-order chi connectivity index (χ1) is 20.5. The van der Waals surface area contributed by atoms with Crippen LogP contribution in [0.2, 0.25) is 5.02 Å². The molecule has 0 spiro atoms. The molecule has 12 heteroatoms. The molecule has 0 heterocycles. The van der Waals surface area contributed by atoms with Gasteiger partial charge in [-0.15, -0.1) is 0 Å². The summed E-state index contributed by atoms with van der Waals surface area (Å²) in [6.45, 7) is 0.935. The largest absolute Gasteiger partial charge is 0.493 e. The second kappa shape index (κ2) is 14.1. The van der Waals surface area contributed by atoms with Crippen LogP contribution in [0.3, 0.4) is 0 Å². The standard InChI is InChI=1S/C31H35ClFN3O6S/c1-21(31(38)34-25-6-4-5-7-25)35(19-22-8-12-24(33)13-9-22)30(37)20-36(26-14-10-23(32)11-15-26)43(39,40)27-16-17-28(41-2)29(18-27)42-3/h8-18,21,25H,4-7,19-20H2,1-3H3,(H,34,38)/t21-/m1/s1. The van der Waals surface area contributed by atoms with E-state index in [9.17, 15) is 22.4 Å². The van der Waals surface area contributed by atoms with Gasteiger partial charge in [0.25, 0.3) is 10.0 Å². The van der Waals surface area contributed by atoms with Crippen LogP contribution >= 0.6 is 11.6 Å². The summed E-state index contributed by atoms with van der Waals surface area (Å²) >= 11 is 6.08. The van der Waals surface area contributed by atoms with Crippen LogP contribution < -0.4 is 19.1 Å². The molecule has 3 aromatic carbocycles. The average molecular weight is 632 g/mol. The Bertz CT molecular complexity index is 1530. The molecule has 0 unspecified atom stereocenters. The number of nitrogens with zero attached hydrogens (tertiary/aromatic N) is 2. The topological polar surface area (TPSA) is 105 Å². The normalized spacial score (nSPS) is 14.2. The van der Waals surface area contributed by atoms with Gasteiger partial charge in [0.15, 0.2) is 11.5 Å². The minimum atomic E-state index is -4.34. The van der Waals surface area contributed by atoms with Gasteiger partial charge in [0.1, 0.15) is 18.4 Å². The molecular formula is C31H35ClFN3O6S. The van der Waals surface area contributed by atoms with E-state index >= 15 is 0 Å². The van der Waals surface area contributed by atoms with Crippen LogP contribution in [0.5, 0.6) is 11.5 Å². The molecule has 43 heavy (non-hydrogen) atoms. The third kappa shape index (κ3) is 7.77. The van der Waals surface area contributed by atoms with Gasteiger partial charge in [-0.1, -0.05) is 36.6 Å². The molecule has 1 aliphatic rings. The zero-order valence-corrected chi connectivity index (χ0v) is 25.8. The highest BCUT2D eigenvalue weighted by Gasteiger charge is 2.34. The molecule has 1 saturated carbocycles. The maximum absolute atomic E-state index is 14.1. The van der Waals surface area contributed by atoms with Gasteiger partial charge in [-0.05, 0) is 73.9 Å². The highest BCUT2D eigenvalue weighted by atomic mass is 35.5. The van der Waals surface area contributed by atoms with Gasteiger partial charge in [0.2, 0.25) is 11.8 Å². The van der Waals surface area contributed by atoms with E-state index < -0.39 is 34.3 Å². The second-order valence-electron chi connectivity index (χ2n) is 10.3. The summed E-state index contributed by atoms with van der Waals surface area (Å²) in [4.78, 5) is 28.5. The number of hydrogen-bond donors (Lipinski definition) is 1. The Morgan fingerprint density at radius 1 is 0.977 bits per heavy atom. The number of anilines is 1. The number of carbonyl (C=O) groups is 2. The Hall–Kier alpha value is -3.83. The molecule has 0 bridgehead atoms. The van der Waals surface area contributed by atoms with Crippen LogP contribution in [0.25, 0.3) is 0 Å². The smallest absolute Gasteiger partial charge is 0.264 e. The summed E-state index contributed by atoms with van der Waals surface area (Å²) in [7, 11) is -1.52. The molecule has 2 amide bonds. The molecule has 1 aliphatic carbocycles. The Morgan fingerprint density at radius 2 is 1.60 bits per heavy atom. The van der Waals surface area contributed by atoms with Crippen molar-refractivity contribution in [1.82, 2.24) is 10.2 Å². The Labute approximate surface area is 256 Å². The van der Waals surface area contributed by atoms with Gasteiger partial charge >= 0.3 is 0 Å². The molecule has 0 radical (unpaired) electrons. The number of nitrogens with one attached hydrogen (secondary N) is 1. The van der Waals surface area contributed by atoms with Crippen molar-refractivity contribution in [2.24, 2.45) is 0 Å². The van der Waals surface area contributed by atoms with Crippen LogP contribution in [-0.4, -0.2) is 58.0 Å². The van der Waals surface area contributed by atoms with Crippen molar-refractivity contribution in [3.05, 3.63) is 83.1 Å². The minimum Gasteiger partial charge on any atom is -0.493 e. The number of carbonyl (C=O) groups excluding carboxylic acids is 2. The van der Waals surface area contributed by atoms with Gasteiger partial charge in [-0.3, -0.25) is 13.9 Å². The lowest BCUT2D eigenvalue weighted by Gasteiger charge is -2.32. The third-order valence-electron chi connectivity index (χ3n) is 7.47.